The third-order valence-corrected chi connectivity index (χ3v) is 7.31. The van der Waals surface area contributed by atoms with E-state index in [1.54, 1.807) is 0 Å². The molecule has 2 atom stereocenters. The normalized spacial score (nSPS) is 24.3. The minimum absolute atomic E-state index is 0.0117. The summed E-state index contributed by atoms with van der Waals surface area (Å²) in [6.45, 7) is 0.106. The maximum Gasteiger partial charge on any atom is 0.310 e. The fourth-order valence-electron chi connectivity index (χ4n) is 6.02. The highest BCUT2D eigenvalue weighted by molar-refractivity contribution is 6.07. The van der Waals surface area contributed by atoms with E-state index in [-0.39, 0.29) is 49.2 Å². The van der Waals surface area contributed by atoms with Crippen molar-refractivity contribution in [3.63, 3.8) is 0 Å². The second-order valence-corrected chi connectivity index (χ2v) is 8.98. The second-order valence-electron chi connectivity index (χ2n) is 8.98. The molecule has 1 saturated heterocycles. The van der Waals surface area contributed by atoms with E-state index in [4.69, 9.17) is 4.74 Å². The molecule has 3 aliphatic carbocycles. The third-order valence-electron chi connectivity index (χ3n) is 7.31. The quantitative estimate of drug-likeness (QED) is 0.451. The number of likely N-dealkylation sites (tertiary alicyclic amines) is 1. The number of rotatable bonds is 5. The smallest absolute Gasteiger partial charge is 0.310 e. The Morgan fingerprint density at radius 2 is 1.15 bits per heavy atom. The van der Waals surface area contributed by atoms with Gasteiger partial charge < -0.3 is 4.74 Å². The summed E-state index contributed by atoms with van der Waals surface area (Å²) in [7, 11) is 0. The highest BCUT2D eigenvalue weighted by Crippen LogP contribution is 2.60. The Hall–Kier alpha value is -3.73. The molecule has 0 spiro atoms. The van der Waals surface area contributed by atoms with Gasteiger partial charge in [-0.05, 0) is 27.8 Å². The van der Waals surface area contributed by atoms with Gasteiger partial charge in [0.1, 0.15) is 6.61 Å². The van der Waals surface area contributed by atoms with Crippen LogP contribution in [0.25, 0.3) is 0 Å². The largest absolute Gasteiger partial charge is 0.464 e. The average molecular weight is 437 g/mol. The zero-order valence-electron chi connectivity index (χ0n) is 18.0. The second kappa shape index (κ2) is 7.69. The first-order chi connectivity index (χ1) is 16.1. The molecule has 3 aromatic rings. The summed E-state index contributed by atoms with van der Waals surface area (Å²) in [5, 5.41) is 0. The zero-order valence-corrected chi connectivity index (χ0v) is 18.0. The van der Waals surface area contributed by atoms with Gasteiger partial charge in [-0.2, -0.15) is 0 Å². The van der Waals surface area contributed by atoms with Crippen molar-refractivity contribution < 1.29 is 19.1 Å². The Morgan fingerprint density at radius 3 is 1.64 bits per heavy atom. The molecule has 3 aromatic carbocycles. The van der Waals surface area contributed by atoms with Gasteiger partial charge in [0.2, 0.25) is 11.8 Å². The molecule has 2 bridgehead atoms. The lowest BCUT2D eigenvalue weighted by atomic mass is 9.55. The summed E-state index contributed by atoms with van der Waals surface area (Å²) >= 11 is 0. The van der Waals surface area contributed by atoms with Crippen molar-refractivity contribution >= 4 is 17.8 Å². The summed E-state index contributed by atoms with van der Waals surface area (Å²) in [5.41, 5.74) is 5.48. The van der Waals surface area contributed by atoms with Gasteiger partial charge in [0.15, 0.2) is 0 Å². The summed E-state index contributed by atoms with van der Waals surface area (Å²) < 4.78 is 5.37. The van der Waals surface area contributed by atoms with Crippen molar-refractivity contribution in [2.75, 3.05) is 13.2 Å². The number of benzene rings is 3. The average Bonchev–Trinajstić information content (AvgIpc) is 3.10. The molecule has 7 rings (SSSR count). The Labute approximate surface area is 192 Å². The molecule has 0 radical (unpaired) electrons. The maximum atomic E-state index is 13.5. The Kier molecular flexibility index (Phi) is 4.64. The number of carbonyl (C=O) groups excluding carboxylic acids is 3. The summed E-state index contributed by atoms with van der Waals surface area (Å²) in [6, 6.07) is 25.7. The van der Waals surface area contributed by atoms with Crippen molar-refractivity contribution in [1.82, 2.24) is 4.90 Å². The Morgan fingerprint density at radius 1 is 0.697 bits per heavy atom. The van der Waals surface area contributed by atoms with Crippen LogP contribution < -0.4 is 0 Å². The minimum atomic E-state index is -0.396. The van der Waals surface area contributed by atoms with Crippen molar-refractivity contribution in [2.45, 2.75) is 18.3 Å². The van der Waals surface area contributed by atoms with Gasteiger partial charge >= 0.3 is 5.97 Å². The molecule has 1 heterocycles. The highest BCUT2D eigenvalue weighted by atomic mass is 16.5. The molecule has 0 saturated carbocycles. The van der Waals surface area contributed by atoms with Gasteiger partial charge in [0.25, 0.3) is 0 Å². The van der Waals surface area contributed by atoms with Crippen molar-refractivity contribution in [2.24, 2.45) is 11.8 Å². The van der Waals surface area contributed by atoms with Crippen LogP contribution in [0.15, 0.2) is 78.9 Å². The molecule has 2 amide bonds. The van der Waals surface area contributed by atoms with Crippen LogP contribution in [0.4, 0.5) is 0 Å². The SMILES string of the molecule is O=C(Cc1ccccc1)OCCN1C(=O)[C@@H]2C3c4ccccc4C(c4ccccc43)[C@@H]2C1=O. The first-order valence-corrected chi connectivity index (χ1v) is 11.4. The standard InChI is InChI=1S/C28H23NO4/c30-22(16-17-8-2-1-3-9-17)33-15-14-29-27(31)25-23-18-10-4-5-11-19(18)24(26(25)28(29)32)21-13-7-6-12-20(21)23/h1-13,23-26H,14-16H2/t23?,24?,25-,26+. The minimum Gasteiger partial charge on any atom is -0.464 e. The van der Waals surface area contributed by atoms with Gasteiger partial charge in [-0.1, -0.05) is 78.9 Å². The van der Waals surface area contributed by atoms with E-state index in [0.717, 1.165) is 27.8 Å². The van der Waals surface area contributed by atoms with Crippen LogP contribution in [0.5, 0.6) is 0 Å². The number of amides is 2. The maximum absolute atomic E-state index is 13.5. The van der Waals surface area contributed by atoms with Gasteiger partial charge in [-0.3, -0.25) is 19.3 Å². The lowest BCUT2D eigenvalue weighted by Crippen LogP contribution is -2.41. The fraction of sp³-hybridized carbons (Fsp3) is 0.250. The lowest BCUT2D eigenvalue weighted by Gasteiger charge is -2.45. The van der Waals surface area contributed by atoms with Crippen LogP contribution in [0.2, 0.25) is 0 Å². The zero-order chi connectivity index (χ0) is 22.5. The number of carbonyl (C=O) groups is 3. The summed E-state index contributed by atoms with van der Waals surface area (Å²) in [5.74, 6) is -1.69. The summed E-state index contributed by atoms with van der Waals surface area (Å²) in [4.78, 5) is 40.5. The molecule has 4 aliphatic rings. The summed E-state index contributed by atoms with van der Waals surface area (Å²) in [6.07, 6.45) is 0.169. The van der Waals surface area contributed by atoms with E-state index in [9.17, 15) is 14.4 Å². The van der Waals surface area contributed by atoms with E-state index in [1.165, 1.54) is 4.90 Å². The van der Waals surface area contributed by atoms with E-state index in [2.05, 4.69) is 24.3 Å². The molecule has 5 heteroatoms. The van der Waals surface area contributed by atoms with Crippen LogP contribution in [-0.4, -0.2) is 35.8 Å². The molecular weight excluding hydrogens is 414 g/mol. The van der Waals surface area contributed by atoms with E-state index in [0.29, 0.717) is 0 Å². The number of hydrogen-bond donors (Lipinski definition) is 0. The van der Waals surface area contributed by atoms with E-state index in [1.807, 2.05) is 54.6 Å². The van der Waals surface area contributed by atoms with Crippen LogP contribution in [0.3, 0.4) is 0 Å². The fourth-order valence-corrected chi connectivity index (χ4v) is 6.02. The molecule has 164 valence electrons. The number of esters is 1. The molecule has 1 aliphatic heterocycles. The predicted molar refractivity (Wildman–Crippen MR) is 121 cm³/mol. The highest BCUT2D eigenvalue weighted by Gasteiger charge is 2.61. The molecule has 33 heavy (non-hydrogen) atoms. The first kappa shape index (κ1) is 19.9. The number of ether oxygens (including phenoxy) is 1. The molecule has 0 N–H and O–H groups in total. The van der Waals surface area contributed by atoms with Crippen molar-refractivity contribution in [1.29, 1.82) is 0 Å². The molecule has 0 unspecified atom stereocenters. The van der Waals surface area contributed by atoms with Gasteiger partial charge in [0, 0.05) is 11.8 Å². The van der Waals surface area contributed by atoms with Gasteiger partial charge in [-0.25, -0.2) is 0 Å². The van der Waals surface area contributed by atoms with Crippen LogP contribution >= 0.6 is 0 Å². The molecule has 0 aromatic heterocycles. The first-order valence-electron chi connectivity index (χ1n) is 11.4. The van der Waals surface area contributed by atoms with E-state index >= 15 is 0 Å². The lowest BCUT2D eigenvalue weighted by molar-refractivity contribution is -0.148. The molecule has 1 fully saturated rings. The number of imide groups is 1. The number of hydrogen-bond acceptors (Lipinski definition) is 4. The molecular formula is C28H23NO4. The Bertz CT molecular complexity index is 1150. The predicted octanol–water partition coefficient (Wildman–Crippen LogP) is 3.66. The van der Waals surface area contributed by atoms with Crippen LogP contribution in [-0.2, 0) is 25.5 Å². The Balaban J connectivity index is 1.23. The topological polar surface area (TPSA) is 63.7 Å². The van der Waals surface area contributed by atoms with Gasteiger partial charge in [-0.15, -0.1) is 0 Å². The van der Waals surface area contributed by atoms with E-state index < -0.39 is 11.8 Å². The van der Waals surface area contributed by atoms with Crippen molar-refractivity contribution in [3.8, 4) is 0 Å². The van der Waals surface area contributed by atoms with Crippen LogP contribution in [0.1, 0.15) is 39.7 Å². The van der Waals surface area contributed by atoms with Crippen LogP contribution in [0, 0.1) is 11.8 Å². The number of nitrogens with zero attached hydrogens (tertiary/aromatic N) is 1. The van der Waals surface area contributed by atoms with Crippen molar-refractivity contribution in [3.05, 3.63) is 107 Å². The monoisotopic (exact) mass is 437 g/mol. The van der Waals surface area contributed by atoms with Gasteiger partial charge in [0.05, 0.1) is 24.8 Å². The third kappa shape index (κ3) is 3.03. The molecule has 5 nitrogen and oxygen atoms in total.